The maximum atomic E-state index is 13.2. The molecule has 1 saturated heterocycles. The summed E-state index contributed by atoms with van der Waals surface area (Å²) in [4.78, 5) is 14.2. The fraction of sp³-hybridized carbons (Fsp3) is 0.333. The Morgan fingerprint density at radius 3 is 2.92 bits per heavy atom. The van der Waals surface area contributed by atoms with Crippen LogP contribution in [0, 0.1) is 12.7 Å². The van der Waals surface area contributed by atoms with E-state index in [1.165, 1.54) is 23.5 Å². The van der Waals surface area contributed by atoms with Gasteiger partial charge in [-0.2, -0.15) is 5.10 Å². The molecule has 0 aliphatic carbocycles. The second kappa shape index (κ2) is 6.57. The van der Waals surface area contributed by atoms with Crippen molar-refractivity contribution in [3.05, 3.63) is 46.7 Å². The summed E-state index contributed by atoms with van der Waals surface area (Å²) in [5.74, 6) is -0.323. The van der Waals surface area contributed by atoms with Gasteiger partial charge in [0.05, 0.1) is 16.3 Å². The van der Waals surface area contributed by atoms with E-state index in [4.69, 9.17) is 0 Å². The number of carbonyl (C=O) groups excluding carboxylic acids is 1. The Kier molecular flexibility index (Phi) is 4.27. The number of aryl methyl sites for hydroxylation is 1. The third kappa shape index (κ3) is 3.17. The van der Waals surface area contributed by atoms with Crippen molar-refractivity contribution in [2.24, 2.45) is 0 Å². The number of aromatic nitrogens is 2. The van der Waals surface area contributed by atoms with E-state index in [9.17, 15) is 9.18 Å². The van der Waals surface area contributed by atoms with E-state index in [2.05, 4.69) is 15.7 Å². The van der Waals surface area contributed by atoms with Gasteiger partial charge in [-0.3, -0.25) is 4.79 Å². The molecule has 1 atom stereocenters. The smallest absolute Gasteiger partial charge is 0.261 e. The lowest BCUT2D eigenvalue weighted by Crippen LogP contribution is -2.45. The standard InChI is InChI=1S/C18H19FN4OS/c1-11-15-9-16(17(24)21-13-3-2-8-20-10-13)25-18(15)23(22-11)14-6-4-12(19)5-7-14/h4-7,9,13,20H,2-3,8,10H2,1H3,(H,21,24). The van der Waals surface area contributed by atoms with E-state index >= 15 is 0 Å². The van der Waals surface area contributed by atoms with Crippen molar-refractivity contribution in [3.8, 4) is 5.69 Å². The normalized spacial score (nSPS) is 17.8. The molecule has 5 nitrogen and oxygen atoms in total. The maximum absolute atomic E-state index is 13.2. The average Bonchev–Trinajstić information content (AvgIpc) is 3.18. The number of fused-ring (bicyclic) bond motifs is 1. The van der Waals surface area contributed by atoms with Crippen LogP contribution in [0.15, 0.2) is 30.3 Å². The van der Waals surface area contributed by atoms with E-state index in [1.807, 2.05) is 13.0 Å². The van der Waals surface area contributed by atoms with Gasteiger partial charge in [0.2, 0.25) is 0 Å². The highest BCUT2D eigenvalue weighted by atomic mass is 32.1. The van der Waals surface area contributed by atoms with Crippen molar-refractivity contribution in [2.75, 3.05) is 13.1 Å². The predicted octanol–water partition coefficient (Wildman–Crippen LogP) is 3.02. The first-order valence-corrected chi connectivity index (χ1v) is 9.20. The Hall–Kier alpha value is -2.25. The van der Waals surface area contributed by atoms with E-state index < -0.39 is 0 Å². The first kappa shape index (κ1) is 16.2. The van der Waals surface area contributed by atoms with Gasteiger partial charge in [0.25, 0.3) is 5.91 Å². The molecule has 1 fully saturated rings. The maximum Gasteiger partial charge on any atom is 0.261 e. The summed E-state index contributed by atoms with van der Waals surface area (Å²) in [6.45, 7) is 3.75. The summed E-state index contributed by atoms with van der Waals surface area (Å²) in [7, 11) is 0. The van der Waals surface area contributed by atoms with Gasteiger partial charge in [0, 0.05) is 18.0 Å². The van der Waals surface area contributed by atoms with Crippen LogP contribution in [0.3, 0.4) is 0 Å². The molecular formula is C18H19FN4OS. The summed E-state index contributed by atoms with van der Waals surface area (Å²) in [5, 5.41) is 11.9. The topological polar surface area (TPSA) is 59.0 Å². The molecule has 3 heterocycles. The summed E-state index contributed by atoms with van der Waals surface area (Å²) in [6, 6.07) is 8.28. The number of rotatable bonds is 3. The number of piperidine rings is 1. The van der Waals surface area contributed by atoms with Crippen LogP contribution in [-0.4, -0.2) is 34.8 Å². The van der Waals surface area contributed by atoms with Gasteiger partial charge in [0.15, 0.2) is 0 Å². The van der Waals surface area contributed by atoms with Crippen LogP contribution in [-0.2, 0) is 0 Å². The molecule has 1 aliphatic rings. The highest BCUT2D eigenvalue weighted by Crippen LogP contribution is 2.30. The molecular weight excluding hydrogens is 339 g/mol. The molecule has 1 aliphatic heterocycles. The molecule has 130 valence electrons. The summed E-state index contributed by atoms with van der Waals surface area (Å²) in [5.41, 5.74) is 1.64. The summed E-state index contributed by atoms with van der Waals surface area (Å²) < 4.78 is 14.9. The number of hydrogen-bond donors (Lipinski definition) is 2. The molecule has 0 saturated carbocycles. The molecule has 1 aromatic carbocycles. The van der Waals surface area contributed by atoms with Crippen LogP contribution < -0.4 is 10.6 Å². The number of amides is 1. The third-order valence-electron chi connectivity index (χ3n) is 4.47. The number of carbonyl (C=O) groups is 1. The number of halogens is 1. The van der Waals surface area contributed by atoms with Crippen LogP contribution in [0.4, 0.5) is 4.39 Å². The third-order valence-corrected chi connectivity index (χ3v) is 5.58. The second-order valence-corrected chi connectivity index (χ2v) is 7.35. The molecule has 25 heavy (non-hydrogen) atoms. The molecule has 1 amide bonds. The summed E-state index contributed by atoms with van der Waals surface area (Å²) >= 11 is 1.41. The Morgan fingerprint density at radius 1 is 1.40 bits per heavy atom. The van der Waals surface area contributed by atoms with Crippen LogP contribution in [0.2, 0.25) is 0 Å². The van der Waals surface area contributed by atoms with Crippen LogP contribution in [0.1, 0.15) is 28.2 Å². The van der Waals surface area contributed by atoms with E-state index in [0.717, 1.165) is 47.5 Å². The number of nitrogens with one attached hydrogen (secondary N) is 2. The highest BCUT2D eigenvalue weighted by molar-refractivity contribution is 7.20. The Labute approximate surface area is 148 Å². The lowest BCUT2D eigenvalue weighted by atomic mass is 10.1. The van der Waals surface area contributed by atoms with Crippen molar-refractivity contribution in [2.45, 2.75) is 25.8 Å². The minimum absolute atomic E-state index is 0.0417. The number of thiophene rings is 1. The first-order chi connectivity index (χ1) is 12.1. The average molecular weight is 358 g/mol. The van der Waals surface area contributed by atoms with Crippen molar-refractivity contribution in [1.29, 1.82) is 0 Å². The Morgan fingerprint density at radius 2 is 2.20 bits per heavy atom. The quantitative estimate of drug-likeness (QED) is 0.757. The lowest BCUT2D eigenvalue weighted by Gasteiger charge is -2.23. The van der Waals surface area contributed by atoms with Gasteiger partial charge in [-0.05, 0) is 56.6 Å². The molecule has 7 heteroatoms. The van der Waals surface area contributed by atoms with Crippen LogP contribution >= 0.6 is 11.3 Å². The van der Waals surface area contributed by atoms with Crippen molar-refractivity contribution < 1.29 is 9.18 Å². The molecule has 2 aromatic heterocycles. The minimum atomic E-state index is -0.281. The van der Waals surface area contributed by atoms with Crippen LogP contribution in [0.5, 0.6) is 0 Å². The van der Waals surface area contributed by atoms with Gasteiger partial charge in [-0.1, -0.05) is 0 Å². The molecule has 4 rings (SSSR count). The zero-order valence-electron chi connectivity index (χ0n) is 13.9. The van der Waals surface area contributed by atoms with Crippen molar-refractivity contribution in [1.82, 2.24) is 20.4 Å². The fourth-order valence-electron chi connectivity index (χ4n) is 3.15. The zero-order valence-corrected chi connectivity index (χ0v) is 14.7. The van der Waals surface area contributed by atoms with E-state index in [1.54, 1.807) is 16.8 Å². The number of benzene rings is 1. The molecule has 0 radical (unpaired) electrons. The van der Waals surface area contributed by atoms with Gasteiger partial charge in [-0.25, -0.2) is 9.07 Å². The van der Waals surface area contributed by atoms with Gasteiger partial charge in [0.1, 0.15) is 10.6 Å². The first-order valence-electron chi connectivity index (χ1n) is 8.38. The zero-order chi connectivity index (χ0) is 17.4. The molecule has 0 bridgehead atoms. The molecule has 0 spiro atoms. The Bertz CT molecular complexity index is 909. The predicted molar refractivity (Wildman–Crippen MR) is 97.0 cm³/mol. The SMILES string of the molecule is Cc1nn(-c2ccc(F)cc2)c2sc(C(=O)NC3CCCNC3)cc12. The number of hydrogen-bond acceptors (Lipinski definition) is 4. The van der Waals surface area contributed by atoms with Crippen molar-refractivity contribution in [3.63, 3.8) is 0 Å². The molecule has 3 aromatic rings. The van der Waals surface area contributed by atoms with Crippen LogP contribution in [0.25, 0.3) is 15.9 Å². The largest absolute Gasteiger partial charge is 0.347 e. The van der Waals surface area contributed by atoms with Gasteiger partial charge < -0.3 is 10.6 Å². The minimum Gasteiger partial charge on any atom is -0.347 e. The summed E-state index contributed by atoms with van der Waals surface area (Å²) in [6.07, 6.45) is 2.09. The molecule has 2 N–H and O–H groups in total. The highest BCUT2D eigenvalue weighted by Gasteiger charge is 2.20. The van der Waals surface area contributed by atoms with Gasteiger partial charge >= 0.3 is 0 Å². The molecule has 1 unspecified atom stereocenters. The number of nitrogens with zero attached hydrogens (tertiary/aromatic N) is 2. The monoisotopic (exact) mass is 358 g/mol. The lowest BCUT2D eigenvalue weighted by molar-refractivity contribution is 0.0935. The second-order valence-electron chi connectivity index (χ2n) is 6.32. The van der Waals surface area contributed by atoms with E-state index in [0.29, 0.717) is 4.88 Å². The van der Waals surface area contributed by atoms with E-state index in [-0.39, 0.29) is 17.8 Å². The van der Waals surface area contributed by atoms with Crippen molar-refractivity contribution >= 4 is 27.5 Å². The Balaban J connectivity index is 1.64. The van der Waals surface area contributed by atoms with Gasteiger partial charge in [-0.15, -0.1) is 11.3 Å². The fourth-order valence-corrected chi connectivity index (χ4v) is 4.23.